The third-order valence-corrected chi connectivity index (χ3v) is 7.36. The molecule has 1 saturated heterocycles. The van der Waals surface area contributed by atoms with Crippen LogP contribution in [-0.2, 0) is 11.2 Å². The number of benzene rings is 3. The summed E-state index contributed by atoms with van der Waals surface area (Å²) in [5, 5.41) is 0. The number of carbonyl (C=O) groups is 1. The van der Waals surface area contributed by atoms with Gasteiger partial charge in [0.15, 0.2) is 0 Å². The maximum absolute atomic E-state index is 12.4. The number of allylic oxidation sites excluding steroid dienone is 1. The predicted octanol–water partition coefficient (Wildman–Crippen LogP) is 7.58. The Labute approximate surface area is 239 Å². The van der Waals surface area contributed by atoms with Gasteiger partial charge in [-0.2, -0.15) is 0 Å². The van der Waals surface area contributed by atoms with Gasteiger partial charge in [0.05, 0.1) is 12.5 Å². The van der Waals surface area contributed by atoms with Gasteiger partial charge in [-0.3, -0.25) is 9.69 Å². The molecule has 1 fully saturated rings. The van der Waals surface area contributed by atoms with Crippen LogP contribution in [-0.4, -0.2) is 44.2 Å². The summed E-state index contributed by atoms with van der Waals surface area (Å²) in [4.78, 5) is 14.9. The summed E-state index contributed by atoms with van der Waals surface area (Å²) in [7, 11) is 1.72. The Morgan fingerprint density at radius 1 is 0.850 bits per heavy atom. The molecule has 0 atom stereocenters. The van der Waals surface area contributed by atoms with Crippen molar-refractivity contribution in [3.63, 3.8) is 0 Å². The molecular weight excluding hydrogens is 498 g/mol. The van der Waals surface area contributed by atoms with Crippen LogP contribution in [0.1, 0.15) is 63.6 Å². The lowest BCUT2D eigenvalue weighted by atomic mass is 9.88. The smallest absolute Gasteiger partial charge is 0.316 e. The monoisotopic (exact) mass is 541 g/mol. The van der Waals surface area contributed by atoms with E-state index in [1.807, 2.05) is 57.2 Å². The van der Waals surface area contributed by atoms with Crippen molar-refractivity contribution in [2.24, 2.45) is 5.41 Å². The van der Waals surface area contributed by atoms with E-state index in [0.29, 0.717) is 12.4 Å². The molecule has 0 unspecified atom stereocenters. The van der Waals surface area contributed by atoms with Gasteiger partial charge in [-0.15, -0.1) is 0 Å². The molecule has 5 heteroatoms. The zero-order valence-electron chi connectivity index (χ0n) is 24.7. The predicted molar refractivity (Wildman–Crippen MR) is 162 cm³/mol. The molecular formula is C35H43NO4. The van der Waals surface area contributed by atoms with Crippen LogP contribution in [0.4, 0.5) is 0 Å². The topological polar surface area (TPSA) is 48.0 Å². The zero-order valence-corrected chi connectivity index (χ0v) is 24.7. The van der Waals surface area contributed by atoms with Crippen LogP contribution < -0.4 is 14.2 Å². The summed E-state index contributed by atoms with van der Waals surface area (Å²) < 4.78 is 17.4. The molecule has 0 amide bonds. The molecule has 0 aliphatic carbocycles. The summed E-state index contributed by atoms with van der Waals surface area (Å²) in [6, 6.07) is 24.4. The second-order valence-corrected chi connectivity index (χ2v) is 11.4. The fourth-order valence-corrected chi connectivity index (χ4v) is 5.01. The number of ether oxygens (including phenoxy) is 3. The highest BCUT2D eigenvalue weighted by molar-refractivity contribution is 5.83. The zero-order chi connectivity index (χ0) is 28.5. The number of nitrogens with zero attached hydrogens (tertiary/aromatic N) is 1. The summed E-state index contributed by atoms with van der Waals surface area (Å²) >= 11 is 0. The standard InChI is InChI=1S/C35H43NO4/c1-6-26(25-29-11-7-8-12-32(29)38-5)33(28-15-19-31(20-16-28)40-34(37)35(2,3)4)27-13-17-30(18-14-27)39-24-23-36-21-9-10-22-36/h7-8,11-20H,6,9-10,21-25H2,1-5H3/b33-26-. The molecule has 3 aromatic carbocycles. The van der Waals surface area contributed by atoms with Crippen molar-refractivity contribution in [3.8, 4) is 17.2 Å². The third-order valence-electron chi connectivity index (χ3n) is 7.36. The van der Waals surface area contributed by atoms with Gasteiger partial charge in [0.1, 0.15) is 23.9 Å². The van der Waals surface area contributed by atoms with Crippen LogP contribution in [0.3, 0.4) is 0 Å². The lowest BCUT2D eigenvalue weighted by Gasteiger charge is -2.19. The SMILES string of the molecule is CC/C(Cc1ccccc1OC)=C(\c1ccc(OCCN2CCCC2)cc1)c1ccc(OC(=O)C(C)(C)C)cc1. The maximum Gasteiger partial charge on any atom is 0.316 e. The molecule has 0 radical (unpaired) electrons. The molecule has 3 aromatic rings. The number of hydrogen-bond acceptors (Lipinski definition) is 5. The molecule has 0 aromatic heterocycles. The van der Waals surface area contributed by atoms with Gasteiger partial charge in [-0.05, 0) is 112 Å². The van der Waals surface area contributed by atoms with Gasteiger partial charge in [0.25, 0.3) is 0 Å². The lowest BCUT2D eigenvalue weighted by molar-refractivity contribution is -0.143. The first-order valence-electron chi connectivity index (χ1n) is 14.4. The Bertz CT molecular complexity index is 1280. The minimum atomic E-state index is -0.563. The first-order chi connectivity index (χ1) is 19.3. The van der Waals surface area contributed by atoms with Gasteiger partial charge in [0.2, 0.25) is 0 Å². The van der Waals surface area contributed by atoms with Crippen molar-refractivity contribution in [1.82, 2.24) is 4.90 Å². The third kappa shape index (κ3) is 7.76. The van der Waals surface area contributed by atoms with Crippen molar-refractivity contribution in [3.05, 3.63) is 95.1 Å². The second-order valence-electron chi connectivity index (χ2n) is 11.4. The molecule has 1 heterocycles. The molecule has 0 bridgehead atoms. The molecule has 0 spiro atoms. The molecule has 4 rings (SSSR count). The average molecular weight is 542 g/mol. The van der Waals surface area contributed by atoms with Crippen LogP contribution in [0.15, 0.2) is 78.4 Å². The first kappa shape index (κ1) is 29.4. The van der Waals surface area contributed by atoms with E-state index in [1.165, 1.54) is 37.1 Å². The molecule has 0 saturated carbocycles. The first-order valence-corrected chi connectivity index (χ1v) is 14.4. The number of methoxy groups -OCH3 is 1. The highest BCUT2D eigenvalue weighted by Gasteiger charge is 2.24. The van der Waals surface area contributed by atoms with Crippen molar-refractivity contribution in [1.29, 1.82) is 0 Å². The number of hydrogen-bond donors (Lipinski definition) is 0. The Morgan fingerprint density at radius 3 is 2.02 bits per heavy atom. The minimum absolute atomic E-state index is 0.248. The van der Waals surface area contributed by atoms with Gasteiger partial charge in [-0.25, -0.2) is 0 Å². The number of rotatable bonds is 11. The van der Waals surface area contributed by atoms with E-state index in [1.54, 1.807) is 7.11 Å². The largest absolute Gasteiger partial charge is 0.496 e. The van der Waals surface area contributed by atoms with Crippen LogP contribution in [0.5, 0.6) is 17.2 Å². The average Bonchev–Trinajstić information content (AvgIpc) is 3.47. The summed E-state index contributed by atoms with van der Waals surface area (Å²) in [5.41, 5.74) is 5.25. The normalized spacial score (nSPS) is 14.5. The molecule has 40 heavy (non-hydrogen) atoms. The summed E-state index contributed by atoms with van der Waals surface area (Å²) in [5.74, 6) is 2.07. The molecule has 0 N–H and O–H groups in total. The maximum atomic E-state index is 12.4. The summed E-state index contributed by atoms with van der Waals surface area (Å²) in [6.45, 7) is 11.8. The number of para-hydroxylation sites is 1. The molecule has 1 aliphatic rings. The quantitative estimate of drug-likeness (QED) is 0.185. The van der Waals surface area contributed by atoms with Crippen molar-refractivity contribution in [2.45, 2.75) is 53.4 Å². The Hall–Kier alpha value is -3.57. The van der Waals surface area contributed by atoms with E-state index in [0.717, 1.165) is 47.6 Å². The van der Waals surface area contributed by atoms with Gasteiger partial charge >= 0.3 is 5.97 Å². The van der Waals surface area contributed by atoms with Crippen LogP contribution in [0.2, 0.25) is 0 Å². The Kier molecular flexibility index (Phi) is 10.1. The summed E-state index contributed by atoms with van der Waals surface area (Å²) in [6.07, 6.45) is 4.23. The van der Waals surface area contributed by atoms with Crippen molar-refractivity contribution in [2.75, 3.05) is 33.4 Å². The van der Waals surface area contributed by atoms with Gasteiger partial charge in [0, 0.05) is 6.54 Å². The van der Waals surface area contributed by atoms with E-state index < -0.39 is 5.41 Å². The van der Waals surface area contributed by atoms with E-state index in [4.69, 9.17) is 14.2 Å². The lowest BCUT2D eigenvalue weighted by Crippen LogP contribution is -2.25. The minimum Gasteiger partial charge on any atom is -0.496 e. The van der Waals surface area contributed by atoms with E-state index in [-0.39, 0.29) is 5.97 Å². The van der Waals surface area contributed by atoms with Crippen molar-refractivity contribution >= 4 is 11.5 Å². The number of carbonyl (C=O) groups excluding carboxylic acids is 1. The van der Waals surface area contributed by atoms with Gasteiger partial charge in [-0.1, -0.05) is 55.0 Å². The highest BCUT2D eigenvalue weighted by Crippen LogP contribution is 2.34. The fourth-order valence-electron chi connectivity index (χ4n) is 5.01. The Balaban J connectivity index is 1.63. The molecule has 1 aliphatic heterocycles. The van der Waals surface area contributed by atoms with Crippen LogP contribution >= 0.6 is 0 Å². The fraction of sp³-hybridized carbons (Fsp3) is 0.400. The molecule has 5 nitrogen and oxygen atoms in total. The van der Waals surface area contributed by atoms with E-state index >= 15 is 0 Å². The van der Waals surface area contributed by atoms with E-state index in [2.05, 4.69) is 48.2 Å². The van der Waals surface area contributed by atoms with Crippen LogP contribution in [0, 0.1) is 5.41 Å². The highest BCUT2D eigenvalue weighted by atomic mass is 16.5. The van der Waals surface area contributed by atoms with Gasteiger partial charge < -0.3 is 14.2 Å². The number of esters is 1. The van der Waals surface area contributed by atoms with Crippen molar-refractivity contribution < 1.29 is 19.0 Å². The Morgan fingerprint density at radius 2 is 1.45 bits per heavy atom. The van der Waals surface area contributed by atoms with Crippen LogP contribution in [0.25, 0.3) is 5.57 Å². The molecule has 212 valence electrons. The van der Waals surface area contributed by atoms with E-state index in [9.17, 15) is 4.79 Å². The number of likely N-dealkylation sites (tertiary alicyclic amines) is 1. The second kappa shape index (κ2) is 13.7.